The number of nitrogens with two attached hydrogens (primary N) is 1. The predicted octanol–water partition coefficient (Wildman–Crippen LogP) is 3.62. The fraction of sp³-hybridized carbons (Fsp3) is 0.400. The Kier molecular flexibility index (Phi) is 8.35. The van der Waals surface area contributed by atoms with Crippen LogP contribution in [0.5, 0.6) is 5.75 Å². The molecule has 0 aliphatic carbocycles. The van der Waals surface area contributed by atoms with Crippen LogP contribution in [0, 0.1) is 22.7 Å². The molecule has 0 bridgehead atoms. The molecule has 0 atom stereocenters. The smallest absolute Gasteiger partial charge is 0.159 e. The molecule has 0 aliphatic heterocycles. The molecule has 0 unspecified atom stereocenters. The summed E-state index contributed by atoms with van der Waals surface area (Å²) in [6.45, 7) is 3.72. The zero-order valence-corrected chi connectivity index (χ0v) is 16.1. The van der Waals surface area contributed by atoms with Crippen molar-refractivity contribution in [2.45, 2.75) is 32.6 Å². The van der Waals surface area contributed by atoms with Crippen molar-refractivity contribution < 1.29 is 4.74 Å². The molecule has 0 radical (unpaired) electrons. The quantitative estimate of drug-likeness (QED) is 0.567. The molecule has 0 amide bonds. The lowest BCUT2D eigenvalue weighted by atomic mass is 10.2. The van der Waals surface area contributed by atoms with Gasteiger partial charge in [-0.1, -0.05) is 13.3 Å². The third-order valence-corrected chi connectivity index (χ3v) is 4.03. The minimum absolute atomic E-state index is 0.317. The Hall–Kier alpha value is -3.52. The Balaban J connectivity index is 2.13. The van der Waals surface area contributed by atoms with Gasteiger partial charge in [-0.2, -0.15) is 10.5 Å². The van der Waals surface area contributed by atoms with E-state index < -0.39 is 0 Å². The molecule has 0 fully saturated rings. The maximum absolute atomic E-state index is 8.87. The molecule has 2 aromatic rings. The number of nitriles is 2. The molecule has 1 aromatic carbocycles. The van der Waals surface area contributed by atoms with Crippen LogP contribution in [0.3, 0.4) is 0 Å². The average Bonchev–Trinajstić information content (AvgIpc) is 2.71. The van der Waals surface area contributed by atoms with Crippen LogP contribution in [-0.2, 0) is 0 Å². The highest BCUT2D eigenvalue weighted by molar-refractivity contribution is 5.78. The van der Waals surface area contributed by atoms with Gasteiger partial charge in [-0.05, 0) is 30.7 Å². The minimum atomic E-state index is 0.317. The summed E-state index contributed by atoms with van der Waals surface area (Å²) in [6, 6.07) is 11.8. The van der Waals surface area contributed by atoms with Gasteiger partial charge in [0.05, 0.1) is 31.6 Å². The van der Waals surface area contributed by atoms with Crippen LogP contribution in [0.2, 0.25) is 0 Å². The fourth-order valence-corrected chi connectivity index (χ4v) is 2.54. The molecule has 2 rings (SSSR count). The summed E-state index contributed by atoms with van der Waals surface area (Å²) < 4.78 is 5.66. The Morgan fingerprint density at radius 1 is 1.11 bits per heavy atom. The first-order valence-corrected chi connectivity index (χ1v) is 9.28. The monoisotopic (exact) mass is 379 g/mol. The number of nitrogens with zero attached hydrogens (tertiary/aromatic N) is 5. The topological polar surface area (TPSA) is 124 Å². The van der Waals surface area contributed by atoms with Crippen molar-refractivity contribution in [1.82, 2.24) is 9.97 Å². The third-order valence-electron chi connectivity index (χ3n) is 4.03. The highest BCUT2D eigenvalue weighted by atomic mass is 16.5. The summed E-state index contributed by atoms with van der Waals surface area (Å²) in [5, 5.41) is 20.9. The van der Waals surface area contributed by atoms with E-state index in [1.165, 1.54) is 6.33 Å². The lowest BCUT2D eigenvalue weighted by Gasteiger charge is -2.23. The molecule has 28 heavy (non-hydrogen) atoms. The first-order chi connectivity index (χ1) is 13.7. The Labute approximate surface area is 165 Å². The summed E-state index contributed by atoms with van der Waals surface area (Å²) in [4.78, 5) is 10.3. The van der Waals surface area contributed by atoms with E-state index in [9.17, 15) is 0 Å². The van der Waals surface area contributed by atoms with Crippen LogP contribution in [0.15, 0.2) is 30.6 Å². The van der Waals surface area contributed by atoms with E-state index in [1.54, 1.807) is 0 Å². The van der Waals surface area contributed by atoms with Crippen molar-refractivity contribution in [3.8, 4) is 17.9 Å². The van der Waals surface area contributed by atoms with Crippen LogP contribution >= 0.6 is 0 Å². The lowest BCUT2D eigenvalue weighted by Crippen LogP contribution is -2.27. The highest BCUT2D eigenvalue weighted by Gasteiger charge is 2.15. The first kappa shape index (κ1) is 20.8. The van der Waals surface area contributed by atoms with E-state index in [2.05, 4.69) is 34.3 Å². The zero-order valence-electron chi connectivity index (χ0n) is 16.1. The second kappa shape index (κ2) is 11.2. The molecule has 8 heteroatoms. The van der Waals surface area contributed by atoms with Gasteiger partial charge in [-0.15, -0.1) is 0 Å². The van der Waals surface area contributed by atoms with Crippen LogP contribution in [0.1, 0.15) is 32.6 Å². The van der Waals surface area contributed by atoms with Gasteiger partial charge in [0.15, 0.2) is 11.6 Å². The third kappa shape index (κ3) is 6.03. The number of rotatable bonds is 11. The Bertz CT molecular complexity index is 806. The zero-order chi connectivity index (χ0) is 20.2. The van der Waals surface area contributed by atoms with E-state index in [1.807, 2.05) is 29.2 Å². The lowest BCUT2D eigenvalue weighted by molar-refractivity contribution is 0.309. The normalized spacial score (nSPS) is 9.96. The molecule has 8 nitrogen and oxygen atoms in total. The van der Waals surface area contributed by atoms with Crippen molar-refractivity contribution in [2.24, 2.45) is 0 Å². The van der Waals surface area contributed by atoms with Gasteiger partial charge in [0.25, 0.3) is 0 Å². The molecule has 3 N–H and O–H groups in total. The van der Waals surface area contributed by atoms with E-state index in [0.29, 0.717) is 49.9 Å². The Morgan fingerprint density at radius 3 is 2.39 bits per heavy atom. The van der Waals surface area contributed by atoms with Crippen molar-refractivity contribution in [1.29, 1.82) is 10.5 Å². The number of hydrogen-bond donors (Lipinski definition) is 2. The second-order valence-electron chi connectivity index (χ2n) is 6.11. The number of unbranched alkanes of at least 4 members (excludes halogenated alkanes) is 1. The molecular formula is C20H25N7O. The van der Waals surface area contributed by atoms with Gasteiger partial charge in [0, 0.05) is 18.8 Å². The van der Waals surface area contributed by atoms with E-state index in [4.69, 9.17) is 21.0 Å². The van der Waals surface area contributed by atoms with E-state index in [0.717, 1.165) is 24.3 Å². The van der Waals surface area contributed by atoms with Gasteiger partial charge >= 0.3 is 0 Å². The maximum atomic E-state index is 8.87. The largest absolute Gasteiger partial charge is 0.494 e. The summed E-state index contributed by atoms with van der Waals surface area (Å²) in [5.41, 5.74) is 7.46. The molecule has 146 valence electrons. The maximum Gasteiger partial charge on any atom is 0.159 e. The summed E-state index contributed by atoms with van der Waals surface area (Å²) >= 11 is 0. The highest BCUT2D eigenvalue weighted by Crippen LogP contribution is 2.29. The number of ether oxygens (including phenoxy) is 1. The van der Waals surface area contributed by atoms with Gasteiger partial charge in [-0.25, -0.2) is 9.97 Å². The molecule has 1 heterocycles. The first-order valence-electron chi connectivity index (χ1n) is 9.28. The summed E-state index contributed by atoms with van der Waals surface area (Å²) in [5.74, 6) is 1.81. The molecule has 0 spiro atoms. The number of hydrogen-bond acceptors (Lipinski definition) is 8. The number of nitrogen functional groups attached to an aromatic ring is 1. The summed E-state index contributed by atoms with van der Waals surface area (Å²) in [6.07, 6.45) is 4.17. The van der Waals surface area contributed by atoms with Gasteiger partial charge in [0.1, 0.15) is 17.8 Å². The van der Waals surface area contributed by atoms with Crippen LogP contribution < -0.4 is 20.7 Å². The van der Waals surface area contributed by atoms with Gasteiger partial charge < -0.3 is 20.7 Å². The van der Waals surface area contributed by atoms with Gasteiger partial charge in [-0.3, -0.25) is 0 Å². The number of benzene rings is 1. The number of aromatic nitrogens is 2. The fourth-order valence-electron chi connectivity index (χ4n) is 2.54. The second-order valence-corrected chi connectivity index (χ2v) is 6.11. The van der Waals surface area contributed by atoms with Gasteiger partial charge in [0.2, 0.25) is 0 Å². The molecule has 0 saturated heterocycles. The van der Waals surface area contributed by atoms with Crippen LogP contribution in [-0.4, -0.2) is 29.7 Å². The SMILES string of the molecule is CCCCOc1ccc(Nc2ncnc(N(CCC#N)CCC#N)c2N)cc1. The van der Waals surface area contributed by atoms with E-state index in [-0.39, 0.29) is 0 Å². The van der Waals surface area contributed by atoms with Crippen molar-refractivity contribution in [3.63, 3.8) is 0 Å². The minimum Gasteiger partial charge on any atom is -0.494 e. The average molecular weight is 379 g/mol. The summed E-state index contributed by atoms with van der Waals surface area (Å²) in [7, 11) is 0. The Morgan fingerprint density at radius 2 is 1.79 bits per heavy atom. The van der Waals surface area contributed by atoms with E-state index >= 15 is 0 Å². The number of nitrogens with one attached hydrogen (secondary N) is 1. The molecule has 1 aromatic heterocycles. The van der Waals surface area contributed by atoms with Crippen LogP contribution in [0.25, 0.3) is 0 Å². The van der Waals surface area contributed by atoms with Crippen LogP contribution in [0.4, 0.5) is 23.0 Å². The molecule has 0 aliphatic rings. The molecular weight excluding hydrogens is 354 g/mol. The van der Waals surface area contributed by atoms with Crippen molar-refractivity contribution >= 4 is 23.0 Å². The van der Waals surface area contributed by atoms with Crippen molar-refractivity contribution in [3.05, 3.63) is 30.6 Å². The predicted molar refractivity (Wildman–Crippen MR) is 109 cm³/mol. The van der Waals surface area contributed by atoms with Crippen molar-refractivity contribution in [2.75, 3.05) is 35.6 Å². The standard InChI is InChI=1S/C20H25N7O/c1-2-3-14-28-17-8-6-16(7-9-17)26-19-18(23)20(25-15-24-19)27(12-4-10-21)13-5-11-22/h6-9,15H,2-5,12-14,23H2,1H3,(H,24,25,26). The molecule has 0 saturated carbocycles. The number of anilines is 4.